The normalized spacial score (nSPS) is 13.9. The van der Waals surface area contributed by atoms with Gasteiger partial charge in [-0.3, -0.25) is 9.59 Å². The van der Waals surface area contributed by atoms with Crippen LogP contribution in [0.2, 0.25) is 10.0 Å². The lowest BCUT2D eigenvalue weighted by molar-refractivity contribution is -0.120. The number of anilines is 2. The number of halogens is 3. The van der Waals surface area contributed by atoms with Crippen molar-refractivity contribution in [3.63, 3.8) is 0 Å². The first-order valence-corrected chi connectivity index (χ1v) is 9.78. The van der Waals surface area contributed by atoms with E-state index in [4.69, 9.17) is 23.2 Å². The van der Waals surface area contributed by atoms with Gasteiger partial charge < -0.3 is 5.32 Å². The fraction of sp³-hybridized carbons (Fsp3) is 0.0435. The van der Waals surface area contributed by atoms with Crippen molar-refractivity contribution in [2.75, 3.05) is 10.2 Å². The van der Waals surface area contributed by atoms with E-state index in [1.165, 1.54) is 24.3 Å². The van der Waals surface area contributed by atoms with Crippen molar-refractivity contribution in [2.24, 2.45) is 0 Å². The van der Waals surface area contributed by atoms with E-state index in [0.29, 0.717) is 27.0 Å². The summed E-state index contributed by atoms with van der Waals surface area (Å²) < 4.78 is 13.4. The van der Waals surface area contributed by atoms with Crippen LogP contribution in [-0.2, 0) is 9.59 Å². The maximum atomic E-state index is 13.4. The Labute approximate surface area is 182 Å². The largest absolute Gasteiger partial charge is 0.350 e. The number of rotatable bonds is 4. The molecule has 4 nitrogen and oxygen atoms in total. The maximum Gasteiger partial charge on any atom is 0.282 e. The zero-order valence-electron chi connectivity index (χ0n) is 15.7. The highest BCUT2D eigenvalue weighted by Gasteiger charge is 2.40. The quantitative estimate of drug-likeness (QED) is 0.518. The highest BCUT2D eigenvalue weighted by atomic mass is 35.5. The Balaban J connectivity index is 1.83. The maximum absolute atomic E-state index is 13.4. The molecule has 3 aromatic rings. The Morgan fingerprint density at radius 2 is 1.47 bits per heavy atom. The fourth-order valence-corrected chi connectivity index (χ4v) is 3.61. The van der Waals surface area contributed by atoms with Crippen molar-refractivity contribution < 1.29 is 14.0 Å². The summed E-state index contributed by atoms with van der Waals surface area (Å²) in [7, 11) is 0. The first-order valence-electron chi connectivity index (χ1n) is 9.03. The number of carbonyl (C=O) groups excluding carboxylic acids is 2. The number of hydrogen-bond donors (Lipinski definition) is 1. The molecular weight excluding hydrogens is 426 g/mol. The molecule has 3 aromatic carbocycles. The van der Waals surface area contributed by atoms with Crippen LogP contribution >= 0.6 is 23.2 Å². The van der Waals surface area contributed by atoms with Crippen LogP contribution in [0.3, 0.4) is 0 Å². The van der Waals surface area contributed by atoms with Crippen LogP contribution in [0.5, 0.6) is 0 Å². The summed E-state index contributed by atoms with van der Waals surface area (Å²) in [5.41, 5.74) is 2.52. The summed E-state index contributed by atoms with van der Waals surface area (Å²) in [4.78, 5) is 27.6. The molecule has 2 amide bonds. The molecule has 0 spiro atoms. The highest BCUT2D eigenvalue weighted by Crippen LogP contribution is 2.35. The second-order valence-electron chi connectivity index (χ2n) is 6.76. The second kappa shape index (κ2) is 7.94. The molecule has 4 rings (SSSR count). The van der Waals surface area contributed by atoms with E-state index in [-0.39, 0.29) is 11.3 Å². The van der Waals surface area contributed by atoms with Gasteiger partial charge in [-0.25, -0.2) is 9.29 Å². The van der Waals surface area contributed by atoms with Gasteiger partial charge in [0.2, 0.25) is 0 Å². The number of hydrogen-bond acceptors (Lipinski definition) is 3. The molecule has 1 aliphatic rings. The molecule has 0 radical (unpaired) electrons. The SMILES string of the molecule is Cc1cc(Cl)ccc1NC1=C(c2ccc(F)cc2)C(=O)N(c2ccc(Cl)cc2)C1=O. The molecule has 1 aliphatic heterocycles. The average Bonchev–Trinajstić information content (AvgIpc) is 2.95. The molecule has 0 atom stereocenters. The monoisotopic (exact) mass is 440 g/mol. The lowest BCUT2D eigenvalue weighted by atomic mass is 10.0. The molecule has 0 aromatic heterocycles. The summed E-state index contributed by atoms with van der Waals surface area (Å²) >= 11 is 12.0. The van der Waals surface area contributed by atoms with Crippen molar-refractivity contribution >= 4 is 52.0 Å². The van der Waals surface area contributed by atoms with Crippen LogP contribution < -0.4 is 10.2 Å². The van der Waals surface area contributed by atoms with Crippen LogP contribution in [0.25, 0.3) is 5.57 Å². The number of carbonyl (C=O) groups is 2. The Kier molecular flexibility index (Phi) is 5.33. The molecule has 0 saturated carbocycles. The molecule has 150 valence electrons. The number of imide groups is 1. The summed E-state index contributed by atoms with van der Waals surface area (Å²) in [6.07, 6.45) is 0. The highest BCUT2D eigenvalue weighted by molar-refractivity contribution is 6.46. The van der Waals surface area contributed by atoms with E-state index in [9.17, 15) is 14.0 Å². The molecule has 0 bridgehead atoms. The molecule has 0 fully saturated rings. The van der Waals surface area contributed by atoms with Gasteiger partial charge in [-0.15, -0.1) is 0 Å². The summed E-state index contributed by atoms with van der Waals surface area (Å²) in [5, 5.41) is 4.12. The minimum Gasteiger partial charge on any atom is -0.350 e. The zero-order valence-corrected chi connectivity index (χ0v) is 17.3. The Morgan fingerprint density at radius 1 is 0.833 bits per heavy atom. The van der Waals surface area contributed by atoms with Crippen molar-refractivity contribution in [2.45, 2.75) is 6.92 Å². The van der Waals surface area contributed by atoms with Crippen molar-refractivity contribution in [3.05, 3.63) is 99.4 Å². The summed E-state index contributed by atoms with van der Waals surface area (Å²) in [6, 6.07) is 17.0. The third-order valence-electron chi connectivity index (χ3n) is 4.75. The smallest absolute Gasteiger partial charge is 0.282 e. The predicted octanol–water partition coefficient (Wildman–Crippen LogP) is 5.84. The van der Waals surface area contributed by atoms with Gasteiger partial charge in [0.15, 0.2) is 0 Å². The van der Waals surface area contributed by atoms with E-state index in [1.54, 1.807) is 42.5 Å². The fourth-order valence-electron chi connectivity index (χ4n) is 3.26. The molecule has 0 unspecified atom stereocenters. The minimum atomic E-state index is -0.518. The lowest BCUT2D eigenvalue weighted by Crippen LogP contribution is -2.32. The molecule has 0 saturated heterocycles. The first-order chi connectivity index (χ1) is 14.3. The van der Waals surface area contributed by atoms with Gasteiger partial charge in [-0.05, 0) is 72.6 Å². The number of benzene rings is 3. The molecule has 0 aliphatic carbocycles. The van der Waals surface area contributed by atoms with Crippen molar-refractivity contribution in [1.82, 2.24) is 0 Å². The number of nitrogens with zero attached hydrogens (tertiary/aromatic N) is 1. The van der Waals surface area contributed by atoms with Gasteiger partial charge in [0.25, 0.3) is 11.8 Å². The van der Waals surface area contributed by atoms with Crippen LogP contribution in [0, 0.1) is 12.7 Å². The minimum absolute atomic E-state index is 0.104. The topological polar surface area (TPSA) is 49.4 Å². The average molecular weight is 441 g/mol. The third kappa shape index (κ3) is 3.70. The Morgan fingerprint density at radius 3 is 2.10 bits per heavy atom. The molecule has 30 heavy (non-hydrogen) atoms. The zero-order chi connectivity index (χ0) is 21.4. The van der Waals surface area contributed by atoms with E-state index < -0.39 is 17.6 Å². The summed E-state index contributed by atoms with van der Waals surface area (Å²) in [5.74, 6) is -1.47. The predicted molar refractivity (Wildman–Crippen MR) is 117 cm³/mol. The van der Waals surface area contributed by atoms with Gasteiger partial charge in [-0.1, -0.05) is 35.3 Å². The Bertz CT molecular complexity index is 1190. The van der Waals surface area contributed by atoms with Crippen LogP contribution in [0.15, 0.2) is 72.4 Å². The first kappa shape index (κ1) is 20.1. The van der Waals surface area contributed by atoms with E-state index >= 15 is 0 Å². The third-order valence-corrected chi connectivity index (χ3v) is 5.24. The van der Waals surface area contributed by atoms with Gasteiger partial charge in [-0.2, -0.15) is 0 Å². The van der Waals surface area contributed by atoms with E-state index in [0.717, 1.165) is 10.5 Å². The lowest BCUT2D eigenvalue weighted by Gasteiger charge is -2.16. The second-order valence-corrected chi connectivity index (χ2v) is 7.64. The number of amides is 2. The molecule has 7 heteroatoms. The number of aryl methyl sites for hydroxylation is 1. The van der Waals surface area contributed by atoms with Gasteiger partial charge in [0.1, 0.15) is 11.5 Å². The van der Waals surface area contributed by atoms with Gasteiger partial charge >= 0.3 is 0 Å². The Hall–Kier alpha value is -3.15. The van der Waals surface area contributed by atoms with E-state index in [2.05, 4.69) is 5.32 Å². The van der Waals surface area contributed by atoms with Crippen molar-refractivity contribution in [3.8, 4) is 0 Å². The standard InChI is InChI=1S/C23H15Cl2FN2O2/c1-13-12-16(25)6-11-19(13)27-21-20(14-2-7-17(26)8-3-14)22(29)28(23(21)30)18-9-4-15(24)5-10-18/h2-12,27H,1H3. The van der Waals surface area contributed by atoms with Crippen LogP contribution in [0.4, 0.5) is 15.8 Å². The van der Waals surface area contributed by atoms with Crippen LogP contribution in [-0.4, -0.2) is 11.8 Å². The van der Waals surface area contributed by atoms with Gasteiger partial charge in [0, 0.05) is 15.7 Å². The molecule has 1 N–H and O–H groups in total. The molecule has 1 heterocycles. The van der Waals surface area contributed by atoms with Crippen LogP contribution in [0.1, 0.15) is 11.1 Å². The number of nitrogens with one attached hydrogen (secondary N) is 1. The summed E-state index contributed by atoms with van der Waals surface area (Å²) in [6.45, 7) is 1.84. The van der Waals surface area contributed by atoms with Gasteiger partial charge in [0.05, 0.1) is 11.3 Å². The van der Waals surface area contributed by atoms with Crippen molar-refractivity contribution in [1.29, 1.82) is 0 Å². The van der Waals surface area contributed by atoms with E-state index in [1.807, 2.05) is 6.92 Å². The molecular formula is C23H15Cl2FN2O2.